The van der Waals surface area contributed by atoms with Crippen molar-refractivity contribution in [2.24, 2.45) is 0 Å². The van der Waals surface area contributed by atoms with Crippen LogP contribution in [-0.2, 0) is 4.79 Å². The number of nitrogens with zero attached hydrogens (tertiary/aromatic N) is 2. The van der Waals surface area contributed by atoms with Crippen molar-refractivity contribution in [1.82, 2.24) is 0 Å². The number of aryl methyl sites for hydroxylation is 1. The van der Waals surface area contributed by atoms with Gasteiger partial charge in [0, 0.05) is 5.69 Å². The molecule has 4 nitrogen and oxygen atoms in total. The van der Waals surface area contributed by atoms with E-state index in [0.29, 0.717) is 16.8 Å². The molecule has 0 atom stereocenters. The normalized spacial score (nSPS) is 10.4. The van der Waals surface area contributed by atoms with Crippen molar-refractivity contribution < 1.29 is 4.79 Å². The van der Waals surface area contributed by atoms with E-state index in [1.54, 1.807) is 30.3 Å². The van der Waals surface area contributed by atoms with E-state index in [4.69, 9.17) is 10.5 Å². The molecule has 0 saturated heterocycles. The number of amides is 1. The first-order chi connectivity index (χ1) is 10.6. The summed E-state index contributed by atoms with van der Waals surface area (Å²) in [6.45, 7) is 1.92. The number of rotatable bonds is 3. The van der Waals surface area contributed by atoms with Crippen LogP contribution in [0.4, 0.5) is 5.69 Å². The fourth-order valence-corrected chi connectivity index (χ4v) is 1.89. The number of hydrogen-bond acceptors (Lipinski definition) is 3. The van der Waals surface area contributed by atoms with E-state index in [-0.39, 0.29) is 5.57 Å². The largest absolute Gasteiger partial charge is 0.321 e. The highest BCUT2D eigenvalue weighted by atomic mass is 16.1. The molecule has 0 saturated carbocycles. The average molecular weight is 287 g/mol. The Kier molecular flexibility index (Phi) is 4.70. The lowest BCUT2D eigenvalue weighted by molar-refractivity contribution is -0.112. The van der Waals surface area contributed by atoms with Gasteiger partial charge >= 0.3 is 0 Å². The van der Waals surface area contributed by atoms with E-state index < -0.39 is 5.91 Å². The Morgan fingerprint density at radius 1 is 1.14 bits per heavy atom. The number of hydrogen-bond donors (Lipinski definition) is 1. The standard InChI is InChI=1S/C18H13N3O/c1-13-3-2-4-17(9-13)21-18(22)16(12-20)10-14-5-7-15(11-19)8-6-14/h2-10H,1H3,(H,21,22)/b16-10-. The first-order valence-corrected chi connectivity index (χ1v) is 6.62. The Balaban J connectivity index is 2.20. The van der Waals surface area contributed by atoms with Gasteiger partial charge in [-0.15, -0.1) is 0 Å². The summed E-state index contributed by atoms with van der Waals surface area (Å²) in [5.74, 6) is -0.461. The van der Waals surface area contributed by atoms with E-state index in [0.717, 1.165) is 5.56 Å². The number of nitrogens with one attached hydrogen (secondary N) is 1. The van der Waals surface area contributed by atoms with Gasteiger partial charge in [-0.25, -0.2) is 0 Å². The Bertz CT molecular complexity index is 805. The third kappa shape index (κ3) is 3.82. The lowest BCUT2D eigenvalue weighted by Gasteiger charge is -2.05. The lowest BCUT2D eigenvalue weighted by atomic mass is 10.1. The Morgan fingerprint density at radius 2 is 1.86 bits per heavy atom. The summed E-state index contributed by atoms with van der Waals surface area (Å²) in [6.07, 6.45) is 1.49. The highest BCUT2D eigenvalue weighted by Gasteiger charge is 2.09. The SMILES string of the molecule is Cc1cccc(NC(=O)/C(C#N)=C\c2ccc(C#N)cc2)c1. The molecule has 1 amide bonds. The van der Waals surface area contributed by atoms with Crippen molar-refractivity contribution in [2.45, 2.75) is 6.92 Å². The molecule has 106 valence electrons. The van der Waals surface area contributed by atoms with Crippen LogP contribution in [0, 0.1) is 29.6 Å². The molecule has 22 heavy (non-hydrogen) atoms. The number of carbonyl (C=O) groups excluding carboxylic acids is 1. The maximum atomic E-state index is 12.1. The first kappa shape index (κ1) is 15.0. The zero-order valence-electron chi connectivity index (χ0n) is 12.0. The van der Waals surface area contributed by atoms with E-state index >= 15 is 0 Å². The molecule has 2 aromatic carbocycles. The molecule has 1 N–H and O–H groups in total. The molecule has 4 heteroatoms. The van der Waals surface area contributed by atoms with Crippen LogP contribution in [0.3, 0.4) is 0 Å². The molecule has 2 aromatic rings. The fourth-order valence-electron chi connectivity index (χ4n) is 1.89. The van der Waals surface area contributed by atoms with Gasteiger partial charge in [0.1, 0.15) is 11.6 Å². The number of carbonyl (C=O) groups is 1. The highest BCUT2D eigenvalue weighted by Crippen LogP contribution is 2.13. The summed E-state index contributed by atoms with van der Waals surface area (Å²) in [4.78, 5) is 12.1. The summed E-state index contributed by atoms with van der Waals surface area (Å²) in [5.41, 5.74) is 2.89. The smallest absolute Gasteiger partial charge is 0.266 e. The maximum absolute atomic E-state index is 12.1. The Morgan fingerprint density at radius 3 is 2.45 bits per heavy atom. The van der Waals surface area contributed by atoms with Crippen molar-refractivity contribution in [3.05, 3.63) is 70.8 Å². The first-order valence-electron chi connectivity index (χ1n) is 6.62. The average Bonchev–Trinajstić information content (AvgIpc) is 2.53. The summed E-state index contributed by atoms with van der Waals surface area (Å²) >= 11 is 0. The molecular formula is C18H13N3O. The Labute approximate surface area is 128 Å². The molecule has 0 aliphatic heterocycles. The van der Waals surface area contributed by atoms with Gasteiger partial charge in [0.05, 0.1) is 11.6 Å². The van der Waals surface area contributed by atoms with Crippen LogP contribution < -0.4 is 5.32 Å². The van der Waals surface area contributed by atoms with Gasteiger partial charge in [0.15, 0.2) is 0 Å². The molecule has 0 bridgehead atoms. The minimum absolute atomic E-state index is 0.00575. The fraction of sp³-hybridized carbons (Fsp3) is 0.0556. The van der Waals surface area contributed by atoms with Gasteiger partial charge in [-0.05, 0) is 48.4 Å². The minimum Gasteiger partial charge on any atom is -0.321 e. The molecule has 0 spiro atoms. The summed E-state index contributed by atoms with van der Waals surface area (Å²) in [5, 5.41) is 20.6. The zero-order valence-corrected chi connectivity index (χ0v) is 12.0. The minimum atomic E-state index is -0.461. The van der Waals surface area contributed by atoms with Gasteiger partial charge in [-0.1, -0.05) is 24.3 Å². The van der Waals surface area contributed by atoms with Gasteiger partial charge in [-0.3, -0.25) is 4.79 Å². The summed E-state index contributed by atoms with van der Waals surface area (Å²) in [6, 6.07) is 17.9. The van der Waals surface area contributed by atoms with Crippen LogP contribution >= 0.6 is 0 Å². The zero-order chi connectivity index (χ0) is 15.9. The van der Waals surface area contributed by atoms with Crippen molar-refractivity contribution in [1.29, 1.82) is 10.5 Å². The van der Waals surface area contributed by atoms with E-state index in [1.807, 2.05) is 37.3 Å². The van der Waals surface area contributed by atoms with Gasteiger partial charge in [-0.2, -0.15) is 10.5 Å². The predicted molar refractivity (Wildman–Crippen MR) is 84.6 cm³/mol. The molecule has 2 rings (SSSR count). The van der Waals surface area contributed by atoms with Gasteiger partial charge in [0.25, 0.3) is 5.91 Å². The number of benzene rings is 2. The third-order valence-corrected chi connectivity index (χ3v) is 2.99. The van der Waals surface area contributed by atoms with Crippen molar-refractivity contribution in [2.75, 3.05) is 5.32 Å². The van der Waals surface area contributed by atoms with E-state index in [2.05, 4.69) is 5.32 Å². The van der Waals surface area contributed by atoms with Crippen LogP contribution in [0.2, 0.25) is 0 Å². The number of nitriles is 2. The monoisotopic (exact) mass is 287 g/mol. The topological polar surface area (TPSA) is 76.7 Å². The van der Waals surface area contributed by atoms with Crippen LogP contribution in [0.15, 0.2) is 54.1 Å². The summed E-state index contributed by atoms with van der Waals surface area (Å²) in [7, 11) is 0. The summed E-state index contributed by atoms with van der Waals surface area (Å²) < 4.78 is 0. The lowest BCUT2D eigenvalue weighted by Crippen LogP contribution is -2.13. The van der Waals surface area contributed by atoms with Gasteiger partial charge in [0.2, 0.25) is 0 Å². The van der Waals surface area contributed by atoms with Crippen LogP contribution in [0.1, 0.15) is 16.7 Å². The number of anilines is 1. The quantitative estimate of drug-likeness (QED) is 0.694. The van der Waals surface area contributed by atoms with Crippen molar-refractivity contribution >= 4 is 17.7 Å². The molecule has 0 aliphatic carbocycles. The molecular weight excluding hydrogens is 274 g/mol. The molecule has 0 heterocycles. The second-order valence-electron chi connectivity index (χ2n) is 4.73. The second-order valence-corrected chi connectivity index (χ2v) is 4.73. The van der Waals surface area contributed by atoms with Crippen LogP contribution in [-0.4, -0.2) is 5.91 Å². The van der Waals surface area contributed by atoms with Crippen molar-refractivity contribution in [3.63, 3.8) is 0 Å². The van der Waals surface area contributed by atoms with Crippen LogP contribution in [0.5, 0.6) is 0 Å². The molecule has 0 radical (unpaired) electrons. The predicted octanol–water partition coefficient (Wildman–Crippen LogP) is 3.41. The van der Waals surface area contributed by atoms with Gasteiger partial charge < -0.3 is 5.32 Å². The van der Waals surface area contributed by atoms with Crippen molar-refractivity contribution in [3.8, 4) is 12.1 Å². The maximum Gasteiger partial charge on any atom is 0.266 e. The molecule has 0 fully saturated rings. The van der Waals surface area contributed by atoms with Crippen LogP contribution in [0.25, 0.3) is 6.08 Å². The molecule has 0 unspecified atom stereocenters. The molecule has 0 aliphatic rings. The third-order valence-electron chi connectivity index (χ3n) is 2.99. The Hall–Kier alpha value is -3.37. The molecule has 0 aromatic heterocycles. The van der Waals surface area contributed by atoms with E-state index in [9.17, 15) is 4.79 Å². The van der Waals surface area contributed by atoms with E-state index in [1.165, 1.54) is 6.08 Å². The second kappa shape index (κ2) is 6.88. The highest BCUT2D eigenvalue weighted by molar-refractivity contribution is 6.09.